The monoisotopic (exact) mass is 269 g/mol. The van der Waals surface area contributed by atoms with Gasteiger partial charge in [0.15, 0.2) is 0 Å². The van der Waals surface area contributed by atoms with Gasteiger partial charge in [-0.15, -0.1) is 0 Å². The molecule has 1 fully saturated rings. The molecule has 1 aromatic carbocycles. The first kappa shape index (κ1) is 11.1. The molecule has 0 bridgehead atoms. The van der Waals surface area contributed by atoms with Crippen molar-refractivity contribution in [2.24, 2.45) is 0 Å². The second-order valence-corrected chi connectivity index (χ2v) is 4.78. The molecule has 0 amide bonds. The molecule has 1 heterocycles. The molecule has 1 saturated heterocycles. The van der Waals surface area contributed by atoms with Crippen LogP contribution in [0.15, 0.2) is 28.7 Å². The van der Waals surface area contributed by atoms with Crippen LogP contribution in [-0.2, 0) is 11.3 Å². The molecule has 1 aromatic rings. The van der Waals surface area contributed by atoms with Crippen LogP contribution in [0.1, 0.15) is 12.0 Å². The van der Waals surface area contributed by atoms with Crippen LogP contribution < -0.4 is 0 Å². The van der Waals surface area contributed by atoms with E-state index in [1.807, 2.05) is 0 Å². The molecule has 0 unspecified atom stereocenters. The summed E-state index contributed by atoms with van der Waals surface area (Å²) in [5.74, 6) is 0. The van der Waals surface area contributed by atoms with Gasteiger partial charge in [0.1, 0.15) is 0 Å². The quantitative estimate of drug-likeness (QED) is 0.819. The Hall–Kier alpha value is -0.380. The van der Waals surface area contributed by atoms with Crippen molar-refractivity contribution in [1.82, 2.24) is 4.90 Å². The molecule has 1 aliphatic rings. The average molecular weight is 270 g/mol. The van der Waals surface area contributed by atoms with Gasteiger partial charge in [0, 0.05) is 30.7 Å². The Morgan fingerprint density at radius 1 is 1.13 bits per heavy atom. The van der Waals surface area contributed by atoms with Crippen LogP contribution >= 0.6 is 15.9 Å². The molecule has 15 heavy (non-hydrogen) atoms. The Labute approximate surface area is 99.4 Å². The molecule has 0 aromatic heterocycles. The van der Waals surface area contributed by atoms with E-state index in [9.17, 15) is 0 Å². The summed E-state index contributed by atoms with van der Waals surface area (Å²) in [6.45, 7) is 5.02. The molecule has 0 radical (unpaired) electrons. The SMILES string of the molecule is Brc1ccc(CN2CCCOCC2)cc1. The number of halogens is 1. The summed E-state index contributed by atoms with van der Waals surface area (Å²) in [6, 6.07) is 8.55. The predicted octanol–water partition coefficient (Wildman–Crippen LogP) is 2.67. The van der Waals surface area contributed by atoms with Crippen LogP contribution in [0.3, 0.4) is 0 Å². The number of hydrogen-bond acceptors (Lipinski definition) is 2. The Bertz CT molecular complexity index is 291. The molecule has 0 atom stereocenters. The zero-order chi connectivity index (χ0) is 10.5. The van der Waals surface area contributed by atoms with Crippen LogP contribution in [0, 0.1) is 0 Å². The van der Waals surface area contributed by atoms with E-state index in [1.54, 1.807) is 0 Å². The highest BCUT2D eigenvalue weighted by Crippen LogP contribution is 2.13. The maximum atomic E-state index is 5.43. The number of hydrogen-bond donors (Lipinski definition) is 0. The van der Waals surface area contributed by atoms with Crippen molar-refractivity contribution in [1.29, 1.82) is 0 Å². The van der Waals surface area contributed by atoms with E-state index in [0.717, 1.165) is 43.7 Å². The van der Waals surface area contributed by atoms with E-state index in [4.69, 9.17) is 4.74 Å². The predicted molar refractivity (Wildman–Crippen MR) is 64.9 cm³/mol. The maximum absolute atomic E-state index is 5.43. The second-order valence-electron chi connectivity index (χ2n) is 3.87. The van der Waals surface area contributed by atoms with Gasteiger partial charge in [-0.3, -0.25) is 4.90 Å². The fourth-order valence-electron chi connectivity index (χ4n) is 1.80. The van der Waals surface area contributed by atoms with Gasteiger partial charge in [0.25, 0.3) is 0 Å². The van der Waals surface area contributed by atoms with E-state index < -0.39 is 0 Å². The lowest BCUT2D eigenvalue weighted by Gasteiger charge is -2.18. The smallest absolute Gasteiger partial charge is 0.0593 e. The highest BCUT2D eigenvalue weighted by molar-refractivity contribution is 9.10. The lowest BCUT2D eigenvalue weighted by molar-refractivity contribution is 0.140. The van der Waals surface area contributed by atoms with E-state index in [-0.39, 0.29) is 0 Å². The first-order valence-corrected chi connectivity index (χ1v) is 6.18. The third kappa shape index (κ3) is 3.59. The molecule has 1 aliphatic heterocycles. The molecule has 2 rings (SSSR count). The van der Waals surface area contributed by atoms with Crippen molar-refractivity contribution < 1.29 is 4.74 Å². The number of nitrogens with zero attached hydrogens (tertiary/aromatic N) is 1. The maximum Gasteiger partial charge on any atom is 0.0593 e. The second kappa shape index (κ2) is 5.64. The van der Waals surface area contributed by atoms with Gasteiger partial charge in [-0.1, -0.05) is 28.1 Å². The summed E-state index contributed by atoms with van der Waals surface area (Å²) in [7, 11) is 0. The first-order valence-electron chi connectivity index (χ1n) is 5.39. The van der Waals surface area contributed by atoms with Crippen molar-refractivity contribution in [3.8, 4) is 0 Å². The van der Waals surface area contributed by atoms with E-state index in [2.05, 4.69) is 45.1 Å². The fourth-order valence-corrected chi connectivity index (χ4v) is 2.07. The molecular formula is C12H16BrNO. The van der Waals surface area contributed by atoms with E-state index in [0.29, 0.717) is 0 Å². The van der Waals surface area contributed by atoms with Crippen LogP contribution in [0.4, 0.5) is 0 Å². The molecule has 82 valence electrons. The van der Waals surface area contributed by atoms with Gasteiger partial charge in [-0.25, -0.2) is 0 Å². The van der Waals surface area contributed by atoms with Gasteiger partial charge >= 0.3 is 0 Å². The Kier molecular flexibility index (Phi) is 4.18. The lowest BCUT2D eigenvalue weighted by atomic mass is 10.2. The highest BCUT2D eigenvalue weighted by atomic mass is 79.9. The average Bonchev–Trinajstić information content (AvgIpc) is 2.50. The number of benzene rings is 1. The highest BCUT2D eigenvalue weighted by Gasteiger charge is 2.09. The Morgan fingerprint density at radius 2 is 1.93 bits per heavy atom. The number of ether oxygens (including phenoxy) is 1. The van der Waals surface area contributed by atoms with Crippen molar-refractivity contribution in [3.05, 3.63) is 34.3 Å². The van der Waals surface area contributed by atoms with Gasteiger partial charge in [-0.2, -0.15) is 0 Å². The zero-order valence-electron chi connectivity index (χ0n) is 8.79. The minimum absolute atomic E-state index is 0.872. The van der Waals surface area contributed by atoms with Crippen LogP contribution in [0.25, 0.3) is 0 Å². The van der Waals surface area contributed by atoms with Crippen molar-refractivity contribution in [3.63, 3.8) is 0 Å². The Morgan fingerprint density at radius 3 is 2.73 bits per heavy atom. The minimum atomic E-state index is 0.872. The normalized spacial score (nSPS) is 18.7. The molecular weight excluding hydrogens is 254 g/mol. The van der Waals surface area contributed by atoms with Gasteiger partial charge in [-0.05, 0) is 24.1 Å². The van der Waals surface area contributed by atoms with Crippen LogP contribution in [-0.4, -0.2) is 31.2 Å². The summed E-state index contributed by atoms with van der Waals surface area (Å²) < 4.78 is 6.58. The minimum Gasteiger partial charge on any atom is -0.380 e. The van der Waals surface area contributed by atoms with Gasteiger partial charge in [0.2, 0.25) is 0 Å². The topological polar surface area (TPSA) is 12.5 Å². The Balaban J connectivity index is 1.92. The van der Waals surface area contributed by atoms with Gasteiger partial charge in [0.05, 0.1) is 6.61 Å². The summed E-state index contributed by atoms with van der Waals surface area (Å²) in [5, 5.41) is 0. The molecule has 3 heteroatoms. The van der Waals surface area contributed by atoms with Crippen molar-refractivity contribution in [2.45, 2.75) is 13.0 Å². The fraction of sp³-hybridized carbons (Fsp3) is 0.500. The van der Waals surface area contributed by atoms with Crippen molar-refractivity contribution in [2.75, 3.05) is 26.3 Å². The largest absolute Gasteiger partial charge is 0.380 e. The summed E-state index contributed by atoms with van der Waals surface area (Å²) in [4.78, 5) is 2.45. The van der Waals surface area contributed by atoms with E-state index >= 15 is 0 Å². The molecule has 2 nitrogen and oxygen atoms in total. The van der Waals surface area contributed by atoms with Crippen molar-refractivity contribution >= 4 is 15.9 Å². The van der Waals surface area contributed by atoms with Gasteiger partial charge < -0.3 is 4.74 Å². The molecule has 0 aliphatic carbocycles. The summed E-state index contributed by atoms with van der Waals surface area (Å²) >= 11 is 3.45. The summed E-state index contributed by atoms with van der Waals surface area (Å²) in [5.41, 5.74) is 1.38. The number of rotatable bonds is 2. The third-order valence-corrected chi connectivity index (χ3v) is 3.16. The standard InChI is InChI=1S/C12H16BrNO/c13-12-4-2-11(3-5-12)10-14-6-1-8-15-9-7-14/h2-5H,1,6-10H2. The lowest BCUT2D eigenvalue weighted by Crippen LogP contribution is -2.25. The molecule has 0 spiro atoms. The first-order chi connectivity index (χ1) is 7.34. The van der Waals surface area contributed by atoms with Crippen LogP contribution in [0.2, 0.25) is 0 Å². The molecule has 0 N–H and O–H groups in total. The summed E-state index contributed by atoms with van der Waals surface area (Å²) in [6.07, 6.45) is 1.15. The van der Waals surface area contributed by atoms with Crippen LogP contribution in [0.5, 0.6) is 0 Å². The van der Waals surface area contributed by atoms with E-state index in [1.165, 1.54) is 5.56 Å². The third-order valence-electron chi connectivity index (χ3n) is 2.63. The molecule has 0 saturated carbocycles. The zero-order valence-corrected chi connectivity index (χ0v) is 10.4.